The van der Waals surface area contributed by atoms with E-state index in [1.54, 1.807) is 12.1 Å². The molecule has 0 saturated carbocycles. The summed E-state index contributed by atoms with van der Waals surface area (Å²) < 4.78 is 0. The van der Waals surface area contributed by atoms with E-state index in [-0.39, 0.29) is 10.8 Å². The summed E-state index contributed by atoms with van der Waals surface area (Å²) in [4.78, 5) is 10.8. The van der Waals surface area contributed by atoms with Gasteiger partial charge in [-0.2, -0.15) is 5.10 Å². The zero-order chi connectivity index (χ0) is 16.7. The van der Waals surface area contributed by atoms with Crippen molar-refractivity contribution < 1.29 is 4.92 Å². The smallest absolute Gasteiger partial charge is 0.292 e. The van der Waals surface area contributed by atoms with Crippen molar-refractivity contribution in [3.8, 4) is 0 Å². The summed E-state index contributed by atoms with van der Waals surface area (Å²) in [6.45, 7) is 0.498. The normalized spacial score (nSPS) is 10.4. The molecule has 118 valence electrons. The number of nitrogens with zero attached hydrogens (tertiary/aromatic N) is 2. The van der Waals surface area contributed by atoms with Gasteiger partial charge in [-0.1, -0.05) is 36.4 Å². The van der Waals surface area contributed by atoms with E-state index in [9.17, 15) is 10.1 Å². The van der Waals surface area contributed by atoms with Crippen LogP contribution in [0.25, 0.3) is 0 Å². The summed E-state index contributed by atoms with van der Waals surface area (Å²) in [5.74, 6) is 0. The monoisotopic (exact) mass is 329 g/mol. The topological polar surface area (TPSA) is 106 Å². The summed E-state index contributed by atoms with van der Waals surface area (Å²) in [6, 6.07) is 14.4. The van der Waals surface area contributed by atoms with Crippen LogP contribution in [0.4, 0.5) is 11.4 Å². The van der Waals surface area contributed by atoms with Crippen LogP contribution < -0.4 is 16.5 Å². The van der Waals surface area contributed by atoms with Crippen LogP contribution in [0.5, 0.6) is 0 Å². The molecule has 0 heterocycles. The Kier molecular flexibility index (Phi) is 5.59. The standard InChI is InChI=1S/C15H15N5O2S/c16-15(23)19-18-10-12-6-7-13(14(8-12)20(21)22)17-9-11-4-2-1-3-5-11/h1-8,10,17H,9H2,(H3,16,19,23)/b18-10+. The third-order valence-corrected chi connectivity index (χ3v) is 3.02. The highest BCUT2D eigenvalue weighted by Crippen LogP contribution is 2.25. The van der Waals surface area contributed by atoms with Crippen molar-refractivity contribution >= 4 is 34.9 Å². The van der Waals surface area contributed by atoms with Crippen molar-refractivity contribution in [3.63, 3.8) is 0 Å². The fourth-order valence-electron chi connectivity index (χ4n) is 1.89. The summed E-state index contributed by atoms with van der Waals surface area (Å²) in [6.07, 6.45) is 1.41. The van der Waals surface area contributed by atoms with Gasteiger partial charge < -0.3 is 11.1 Å². The third kappa shape index (κ3) is 5.04. The molecule has 0 bridgehead atoms. The Hall–Kier alpha value is -3.00. The molecule has 0 aliphatic heterocycles. The van der Waals surface area contributed by atoms with Gasteiger partial charge in [0.2, 0.25) is 0 Å². The molecule has 2 rings (SSSR count). The van der Waals surface area contributed by atoms with Gasteiger partial charge in [0.05, 0.1) is 11.1 Å². The van der Waals surface area contributed by atoms with Crippen LogP contribution in [-0.4, -0.2) is 16.3 Å². The Morgan fingerprint density at radius 2 is 2.04 bits per heavy atom. The number of thiocarbonyl (C=S) groups is 1. The summed E-state index contributed by atoms with van der Waals surface area (Å²) >= 11 is 4.61. The number of rotatable bonds is 6. The molecule has 2 aromatic rings. The lowest BCUT2D eigenvalue weighted by molar-refractivity contribution is -0.384. The van der Waals surface area contributed by atoms with Crippen molar-refractivity contribution in [3.05, 3.63) is 69.8 Å². The zero-order valence-corrected chi connectivity index (χ0v) is 12.9. The van der Waals surface area contributed by atoms with E-state index in [0.717, 1.165) is 5.56 Å². The van der Waals surface area contributed by atoms with Gasteiger partial charge in [-0.05, 0) is 23.8 Å². The molecule has 0 aromatic heterocycles. The number of hydrogen-bond acceptors (Lipinski definition) is 5. The molecule has 0 atom stereocenters. The molecule has 8 heteroatoms. The second kappa shape index (κ2) is 7.85. The molecule has 0 aliphatic rings. The molecule has 0 radical (unpaired) electrons. The van der Waals surface area contributed by atoms with E-state index in [4.69, 9.17) is 5.73 Å². The predicted octanol–water partition coefficient (Wildman–Crippen LogP) is 2.37. The van der Waals surface area contributed by atoms with Crippen LogP contribution >= 0.6 is 12.2 Å². The Bertz CT molecular complexity index is 734. The molecule has 4 N–H and O–H groups in total. The Morgan fingerprint density at radius 1 is 1.30 bits per heavy atom. The Morgan fingerprint density at radius 3 is 2.70 bits per heavy atom. The lowest BCUT2D eigenvalue weighted by Crippen LogP contribution is -2.23. The molecule has 23 heavy (non-hydrogen) atoms. The first-order valence-corrected chi connectivity index (χ1v) is 7.12. The highest BCUT2D eigenvalue weighted by molar-refractivity contribution is 7.80. The molecular weight excluding hydrogens is 314 g/mol. The maximum atomic E-state index is 11.2. The van der Waals surface area contributed by atoms with E-state index < -0.39 is 4.92 Å². The predicted molar refractivity (Wildman–Crippen MR) is 94.4 cm³/mol. The van der Waals surface area contributed by atoms with Crippen LogP contribution in [0.2, 0.25) is 0 Å². The van der Waals surface area contributed by atoms with Gasteiger partial charge in [0, 0.05) is 18.2 Å². The maximum Gasteiger partial charge on any atom is 0.292 e. The molecule has 0 unspecified atom stereocenters. The van der Waals surface area contributed by atoms with Crippen LogP contribution in [-0.2, 0) is 6.54 Å². The SMILES string of the molecule is NC(=S)N/N=C/c1ccc(NCc2ccccc2)c([N+](=O)[O-])c1. The number of nitrogens with two attached hydrogens (primary N) is 1. The number of anilines is 1. The van der Waals surface area contributed by atoms with Gasteiger partial charge in [0.1, 0.15) is 5.69 Å². The molecule has 0 fully saturated rings. The van der Waals surface area contributed by atoms with E-state index in [2.05, 4.69) is 28.1 Å². The van der Waals surface area contributed by atoms with Gasteiger partial charge in [0.25, 0.3) is 5.69 Å². The van der Waals surface area contributed by atoms with E-state index in [1.165, 1.54) is 12.3 Å². The van der Waals surface area contributed by atoms with Crippen LogP contribution in [0.15, 0.2) is 53.6 Å². The van der Waals surface area contributed by atoms with Gasteiger partial charge in [-0.25, -0.2) is 0 Å². The second-order valence-corrected chi connectivity index (χ2v) is 5.05. The molecule has 0 aliphatic carbocycles. The van der Waals surface area contributed by atoms with Gasteiger partial charge in [0.15, 0.2) is 5.11 Å². The fourth-order valence-corrected chi connectivity index (χ4v) is 1.95. The molecule has 7 nitrogen and oxygen atoms in total. The fraction of sp³-hybridized carbons (Fsp3) is 0.0667. The highest BCUT2D eigenvalue weighted by Gasteiger charge is 2.13. The van der Waals surface area contributed by atoms with Crippen LogP contribution in [0.1, 0.15) is 11.1 Å². The number of hydrogen-bond donors (Lipinski definition) is 3. The van der Waals surface area contributed by atoms with E-state index in [0.29, 0.717) is 17.8 Å². The largest absolute Gasteiger partial charge is 0.375 e. The van der Waals surface area contributed by atoms with Crippen LogP contribution in [0, 0.1) is 10.1 Å². The minimum Gasteiger partial charge on any atom is -0.375 e. The zero-order valence-electron chi connectivity index (χ0n) is 12.1. The minimum absolute atomic E-state index is 0.0249. The first-order valence-electron chi connectivity index (χ1n) is 6.71. The summed E-state index contributed by atoms with van der Waals surface area (Å²) in [7, 11) is 0. The lowest BCUT2D eigenvalue weighted by atomic mass is 10.1. The Labute approximate surface area is 138 Å². The third-order valence-electron chi connectivity index (χ3n) is 2.93. The highest BCUT2D eigenvalue weighted by atomic mass is 32.1. The van der Waals surface area contributed by atoms with Crippen molar-refractivity contribution in [2.24, 2.45) is 10.8 Å². The lowest BCUT2D eigenvalue weighted by Gasteiger charge is -2.08. The number of nitro groups is 1. The molecule has 2 aromatic carbocycles. The number of nitro benzene ring substituents is 1. The molecule has 0 amide bonds. The van der Waals surface area contributed by atoms with Crippen molar-refractivity contribution in [1.82, 2.24) is 5.43 Å². The average molecular weight is 329 g/mol. The molecule has 0 saturated heterocycles. The van der Waals surface area contributed by atoms with Crippen molar-refractivity contribution in [2.75, 3.05) is 5.32 Å². The van der Waals surface area contributed by atoms with Gasteiger partial charge in [-0.15, -0.1) is 0 Å². The van der Waals surface area contributed by atoms with E-state index in [1.807, 2.05) is 30.3 Å². The first-order chi connectivity index (χ1) is 11.1. The van der Waals surface area contributed by atoms with Crippen molar-refractivity contribution in [2.45, 2.75) is 6.54 Å². The summed E-state index contributed by atoms with van der Waals surface area (Å²) in [5.41, 5.74) is 9.65. The first kappa shape index (κ1) is 16.4. The maximum absolute atomic E-state index is 11.2. The van der Waals surface area contributed by atoms with Crippen molar-refractivity contribution in [1.29, 1.82) is 0 Å². The number of benzene rings is 2. The van der Waals surface area contributed by atoms with Gasteiger partial charge in [-0.3, -0.25) is 15.5 Å². The Balaban J connectivity index is 2.14. The summed E-state index contributed by atoms with van der Waals surface area (Å²) in [5, 5.41) is 18.1. The quantitative estimate of drug-likeness (QED) is 0.325. The van der Waals surface area contributed by atoms with Crippen LogP contribution in [0.3, 0.4) is 0 Å². The minimum atomic E-state index is -0.439. The number of nitrogens with one attached hydrogen (secondary N) is 2. The average Bonchev–Trinajstić information content (AvgIpc) is 2.54. The molecule has 0 spiro atoms. The molecular formula is C15H15N5O2S. The van der Waals surface area contributed by atoms with Gasteiger partial charge >= 0.3 is 0 Å². The second-order valence-electron chi connectivity index (χ2n) is 4.61. The number of hydrazone groups is 1. The van der Waals surface area contributed by atoms with E-state index >= 15 is 0 Å².